The molecule has 106 valence electrons. The molecule has 0 radical (unpaired) electrons. The first-order chi connectivity index (χ1) is 9.06. The van der Waals surface area contributed by atoms with Gasteiger partial charge in [0.25, 0.3) is 0 Å². The van der Waals surface area contributed by atoms with Crippen LogP contribution in [0.4, 0.5) is 0 Å². The largest absolute Gasteiger partial charge is 0.389 e. The third kappa shape index (κ3) is 2.29. The molecule has 0 spiro atoms. The SMILES string of the molecule is O=C1NC(O)CCC1N1CC2CC(O)C=CC2C1O. The Kier molecular flexibility index (Phi) is 3.34. The van der Waals surface area contributed by atoms with Crippen molar-refractivity contribution in [2.24, 2.45) is 11.8 Å². The Bertz CT molecular complexity index is 400. The van der Waals surface area contributed by atoms with E-state index >= 15 is 0 Å². The number of piperidine rings is 1. The van der Waals surface area contributed by atoms with E-state index in [1.807, 2.05) is 6.08 Å². The van der Waals surface area contributed by atoms with Gasteiger partial charge in [-0.3, -0.25) is 9.69 Å². The number of likely N-dealkylation sites (tertiary alicyclic amines) is 1. The Morgan fingerprint density at radius 1 is 1.21 bits per heavy atom. The number of hydrogen-bond donors (Lipinski definition) is 4. The van der Waals surface area contributed by atoms with E-state index in [0.29, 0.717) is 25.8 Å². The maximum atomic E-state index is 11.9. The molecule has 2 heterocycles. The molecule has 2 fully saturated rings. The van der Waals surface area contributed by atoms with E-state index in [1.54, 1.807) is 11.0 Å². The maximum Gasteiger partial charge on any atom is 0.239 e. The van der Waals surface area contributed by atoms with Gasteiger partial charge < -0.3 is 20.6 Å². The van der Waals surface area contributed by atoms with Crippen molar-refractivity contribution in [2.45, 2.75) is 43.9 Å². The van der Waals surface area contributed by atoms with Gasteiger partial charge in [-0.25, -0.2) is 0 Å². The molecule has 0 saturated carbocycles. The average Bonchev–Trinajstić information content (AvgIpc) is 2.66. The van der Waals surface area contributed by atoms with Crippen LogP contribution in [0.3, 0.4) is 0 Å². The number of aliphatic hydroxyl groups excluding tert-OH is 3. The zero-order chi connectivity index (χ0) is 13.6. The predicted octanol–water partition coefficient (Wildman–Crippen LogP) is -1.23. The highest BCUT2D eigenvalue weighted by atomic mass is 16.3. The van der Waals surface area contributed by atoms with E-state index in [1.165, 1.54) is 0 Å². The molecule has 1 aliphatic carbocycles. The molecule has 0 aromatic carbocycles. The molecule has 0 aromatic heterocycles. The first-order valence-electron chi connectivity index (χ1n) is 6.85. The number of nitrogens with zero attached hydrogens (tertiary/aromatic N) is 1. The fourth-order valence-electron chi connectivity index (χ4n) is 3.51. The summed E-state index contributed by atoms with van der Waals surface area (Å²) in [5.74, 6) is -0.0429. The van der Waals surface area contributed by atoms with Crippen LogP contribution >= 0.6 is 0 Å². The van der Waals surface area contributed by atoms with Crippen LogP contribution < -0.4 is 5.32 Å². The topological polar surface area (TPSA) is 93.0 Å². The van der Waals surface area contributed by atoms with Gasteiger partial charge in [-0.15, -0.1) is 0 Å². The molecule has 19 heavy (non-hydrogen) atoms. The molecule has 0 aromatic rings. The minimum Gasteiger partial charge on any atom is -0.389 e. The lowest BCUT2D eigenvalue weighted by molar-refractivity contribution is -0.138. The van der Waals surface area contributed by atoms with Crippen molar-refractivity contribution in [3.63, 3.8) is 0 Å². The molecular weight excluding hydrogens is 248 g/mol. The maximum absolute atomic E-state index is 11.9. The summed E-state index contributed by atoms with van der Waals surface area (Å²) in [6.07, 6.45) is 3.37. The highest BCUT2D eigenvalue weighted by Gasteiger charge is 2.46. The first-order valence-corrected chi connectivity index (χ1v) is 6.85. The van der Waals surface area contributed by atoms with Crippen LogP contribution in [-0.4, -0.2) is 57.3 Å². The molecule has 6 heteroatoms. The van der Waals surface area contributed by atoms with Gasteiger partial charge in [-0.2, -0.15) is 0 Å². The van der Waals surface area contributed by atoms with E-state index in [4.69, 9.17) is 0 Å². The molecule has 2 aliphatic heterocycles. The minimum absolute atomic E-state index is 0.0111. The van der Waals surface area contributed by atoms with Crippen molar-refractivity contribution in [1.82, 2.24) is 10.2 Å². The molecule has 3 rings (SSSR count). The van der Waals surface area contributed by atoms with Crippen LogP contribution in [0.2, 0.25) is 0 Å². The van der Waals surface area contributed by atoms with Crippen LogP contribution in [0.25, 0.3) is 0 Å². The van der Waals surface area contributed by atoms with Gasteiger partial charge in [0.05, 0.1) is 12.1 Å². The number of carbonyl (C=O) groups is 1. The highest BCUT2D eigenvalue weighted by molar-refractivity contribution is 5.82. The Morgan fingerprint density at radius 2 is 2.00 bits per heavy atom. The Balaban J connectivity index is 1.73. The Labute approximate surface area is 111 Å². The quantitative estimate of drug-likeness (QED) is 0.447. The fourth-order valence-corrected chi connectivity index (χ4v) is 3.51. The summed E-state index contributed by atoms with van der Waals surface area (Å²) >= 11 is 0. The van der Waals surface area contributed by atoms with Crippen molar-refractivity contribution in [1.29, 1.82) is 0 Å². The summed E-state index contributed by atoms with van der Waals surface area (Å²) in [4.78, 5) is 13.7. The Hall–Kier alpha value is -0.950. The van der Waals surface area contributed by atoms with E-state index in [-0.39, 0.29) is 23.8 Å². The second kappa shape index (κ2) is 4.86. The number of amides is 1. The van der Waals surface area contributed by atoms with Gasteiger partial charge in [0, 0.05) is 12.5 Å². The summed E-state index contributed by atoms with van der Waals surface area (Å²) in [7, 11) is 0. The molecule has 4 N–H and O–H groups in total. The van der Waals surface area contributed by atoms with Gasteiger partial charge in [-0.05, 0) is 25.2 Å². The predicted molar refractivity (Wildman–Crippen MR) is 66.6 cm³/mol. The molecule has 3 aliphatic rings. The fraction of sp³-hybridized carbons (Fsp3) is 0.769. The minimum atomic E-state index is -0.771. The van der Waals surface area contributed by atoms with Crippen LogP contribution in [-0.2, 0) is 4.79 Å². The summed E-state index contributed by atoms with van der Waals surface area (Å²) in [5.41, 5.74) is 0. The van der Waals surface area contributed by atoms with Gasteiger partial charge in [0.15, 0.2) is 0 Å². The second-order valence-electron chi connectivity index (χ2n) is 5.75. The lowest BCUT2D eigenvalue weighted by atomic mass is 9.85. The normalized spacial score (nSPS) is 47.0. The summed E-state index contributed by atoms with van der Waals surface area (Å²) in [5, 5.41) is 31.9. The third-order valence-electron chi connectivity index (χ3n) is 4.50. The van der Waals surface area contributed by atoms with Gasteiger partial charge in [0.1, 0.15) is 12.5 Å². The first kappa shape index (κ1) is 13.1. The van der Waals surface area contributed by atoms with Crippen LogP contribution in [0.5, 0.6) is 0 Å². The van der Waals surface area contributed by atoms with E-state index < -0.39 is 18.6 Å². The van der Waals surface area contributed by atoms with Crippen molar-refractivity contribution in [3.8, 4) is 0 Å². The van der Waals surface area contributed by atoms with Crippen LogP contribution in [0, 0.1) is 11.8 Å². The average molecular weight is 268 g/mol. The van der Waals surface area contributed by atoms with Gasteiger partial charge in [0.2, 0.25) is 5.91 Å². The molecule has 0 bridgehead atoms. The number of carbonyl (C=O) groups excluding carboxylic acids is 1. The summed E-state index contributed by atoms with van der Waals surface area (Å²) < 4.78 is 0. The van der Waals surface area contributed by atoms with Crippen LogP contribution in [0.15, 0.2) is 12.2 Å². The zero-order valence-corrected chi connectivity index (χ0v) is 10.6. The molecular formula is C13H20N2O4. The lowest BCUT2D eigenvalue weighted by Gasteiger charge is -2.34. The third-order valence-corrected chi connectivity index (χ3v) is 4.50. The standard InChI is InChI=1S/C13H20N2O4/c16-8-1-2-9-7(5-8)6-15(13(9)19)10-3-4-11(17)14-12(10)18/h1-2,7-11,13,16-17,19H,3-6H2,(H,14,18). The second-order valence-corrected chi connectivity index (χ2v) is 5.75. The van der Waals surface area contributed by atoms with Crippen molar-refractivity contribution in [2.75, 3.05) is 6.54 Å². The number of aliphatic hydroxyl groups is 3. The Morgan fingerprint density at radius 3 is 2.74 bits per heavy atom. The van der Waals surface area contributed by atoms with Crippen molar-refractivity contribution in [3.05, 3.63) is 12.2 Å². The number of fused-ring (bicyclic) bond motifs is 1. The molecule has 6 atom stereocenters. The summed E-state index contributed by atoms with van der Waals surface area (Å²) in [6.45, 7) is 0.613. The number of nitrogens with one attached hydrogen (secondary N) is 1. The lowest BCUT2D eigenvalue weighted by Crippen LogP contribution is -2.55. The summed E-state index contributed by atoms with van der Waals surface area (Å²) in [6, 6.07) is -0.380. The van der Waals surface area contributed by atoms with Gasteiger partial charge >= 0.3 is 0 Å². The molecule has 1 amide bonds. The molecule has 2 saturated heterocycles. The zero-order valence-electron chi connectivity index (χ0n) is 10.6. The van der Waals surface area contributed by atoms with E-state index in [2.05, 4.69) is 5.32 Å². The van der Waals surface area contributed by atoms with Crippen molar-refractivity contribution < 1.29 is 20.1 Å². The van der Waals surface area contributed by atoms with Crippen molar-refractivity contribution >= 4 is 5.91 Å². The van der Waals surface area contributed by atoms with E-state index in [9.17, 15) is 20.1 Å². The monoisotopic (exact) mass is 268 g/mol. The van der Waals surface area contributed by atoms with Crippen LogP contribution in [0.1, 0.15) is 19.3 Å². The number of rotatable bonds is 1. The number of hydrogen-bond acceptors (Lipinski definition) is 5. The smallest absolute Gasteiger partial charge is 0.239 e. The highest BCUT2D eigenvalue weighted by Crippen LogP contribution is 2.38. The van der Waals surface area contributed by atoms with E-state index in [0.717, 1.165) is 0 Å². The molecule has 6 nitrogen and oxygen atoms in total. The molecule has 6 unspecified atom stereocenters. The van der Waals surface area contributed by atoms with Gasteiger partial charge in [-0.1, -0.05) is 12.2 Å².